The van der Waals surface area contributed by atoms with E-state index in [1.165, 1.54) is 30.0 Å². The van der Waals surface area contributed by atoms with Crippen molar-refractivity contribution in [2.45, 2.75) is 44.0 Å². The average molecular weight is 470 g/mol. The van der Waals surface area contributed by atoms with Gasteiger partial charge < -0.3 is 15.2 Å². The molecular weight excluding hydrogens is 441 g/mol. The van der Waals surface area contributed by atoms with Crippen LogP contribution in [-0.4, -0.2) is 38.4 Å². The molecule has 33 heavy (non-hydrogen) atoms. The van der Waals surface area contributed by atoms with E-state index in [4.69, 9.17) is 0 Å². The third-order valence-corrected chi connectivity index (χ3v) is 6.63. The van der Waals surface area contributed by atoms with Gasteiger partial charge in [-0.2, -0.15) is 0 Å². The highest BCUT2D eigenvalue weighted by molar-refractivity contribution is 8.00. The first-order valence-electron chi connectivity index (χ1n) is 10.8. The number of thioether (sulfide) groups is 1. The summed E-state index contributed by atoms with van der Waals surface area (Å²) in [7, 11) is 1.82. The van der Waals surface area contributed by atoms with Crippen LogP contribution < -0.4 is 10.6 Å². The first kappa shape index (κ1) is 24.4. The van der Waals surface area contributed by atoms with Gasteiger partial charge in [0.15, 0.2) is 5.16 Å². The van der Waals surface area contributed by atoms with E-state index in [-0.39, 0.29) is 23.3 Å². The lowest BCUT2D eigenvalue weighted by Crippen LogP contribution is -2.27. The van der Waals surface area contributed by atoms with Gasteiger partial charge in [0, 0.05) is 25.7 Å². The van der Waals surface area contributed by atoms with Crippen LogP contribution in [0, 0.1) is 19.7 Å². The van der Waals surface area contributed by atoms with Crippen LogP contribution in [0.5, 0.6) is 0 Å². The zero-order valence-corrected chi connectivity index (χ0v) is 20.0. The molecule has 1 heterocycles. The molecule has 0 aliphatic rings. The SMILES string of the molecule is CCC(Sc1nnc(CCNC(=O)c2ccccc2F)n1C)C(=O)Nc1ccc(C)cc1C. The maximum absolute atomic E-state index is 13.7. The zero-order chi connectivity index (χ0) is 24.0. The molecule has 1 aromatic heterocycles. The van der Waals surface area contributed by atoms with E-state index >= 15 is 0 Å². The normalized spacial score (nSPS) is 11.8. The molecule has 0 fully saturated rings. The van der Waals surface area contributed by atoms with Crippen molar-refractivity contribution in [2.24, 2.45) is 7.05 Å². The van der Waals surface area contributed by atoms with E-state index in [1.54, 1.807) is 6.07 Å². The number of aryl methyl sites for hydroxylation is 2. The second-order valence-electron chi connectivity index (χ2n) is 7.77. The van der Waals surface area contributed by atoms with Gasteiger partial charge in [-0.1, -0.05) is 48.5 Å². The summed E-state index contributed by atoms with van der Waals surface area (Å²) in [6.07, 6.45) is 1.05. The lowest BCUT2D eigenvalue weighted by Gasteiger charge is -2.16. The van der Waals surface area contributed by atoms with Crippen LogP contribution in [0.4, 0.5) is 10.1 Å². The maximum Gasteiger partial charge on any atom is 0.254 e. The number of carbonyl (C=O) groups is 2. The van der Waals surface area contributed by atoms with Gasteiger partial charge >= 0.3 is 0 Å². The highest BCUT2D eigenvalue weighted by Gasteiger charge is 2.22. The molecule has 2 N–H and O–H groups in total. The second kappa shape index (κ2) is 11.1. The third-order valence-electron chi connectivity index (χ3n) is 5.23. The number of benzene rings is 2. The molecule has 0 aliphatic carbocycles. The van der Waals surface area contributed by atoms with Crippen molar-refractivity contribution in [1.82, 2.24) is 20.1 Å². The van der Waals surface area contributed by atoms with Crippen molar-refractivity contribution in [3.63, 3.8) is 0 Å². The molecule has 0 saturated heterocycles. The van der Waals surface area contributed by atoms with Crippen molar-refractivity contribution in [1.29, 1.82) is 0 Å². The van der Waals surface area contributed by atoms with Gasteiger partial charge in [0.2, 0.25) is 5.91 Å². The lowest BCUT2D eigenvalue weighted by atomic mass is 10.1. The summed E-state index contributed by atoms with van der Waals surface area (Å²) in [6.45, 7) is 6.22. The summed E-state index contributed by atoms with van der Waals surface area (Å²) >= 11 is 1.35. The molecule has 2 amide bonds. The van der Waals surface area contributed by atoms with Gasteiger partial charge in [0.1, 0.15) is 11.6 Å². The summed E-state index contributed by atoms with van der Waals surface area (Å²) in [5, 5.41) is 14.4. The molecule has 2 aromatic carbocycles. The smallest absolute Gasteiger partial charge is 0.254 e. The van der Waals surface area contributed by atoms with Gasteiger partial charge in [-0.05, 0) is 44.0 Å². The van der Waals surface area contributed by atoms with Crippen LogP contribution >= 0.6 is 11.8 Å². The molecule has 1 unspecified atom stereocenters. The van der Waals surface area contributed by atoms with Crippen molar-refractivity contribution in [3.05, 3.63) is 70.8 Å². The number of aromatic nitrogens is 3. The fraction of sp³-hybridized carbons (Fsp3) is 0.333. The summed E-state index contributed by atoms with van der Waals surface area (Å²) in [6, 6.07) is 11.8. The van der Waals surface area contributed by atoms with Crippen molar-refractivity contribution in [2.75, 3.05) is 11.9 Å². The Labute approximate surface area is 197 Å². The standard InChI is InChI=1S/C24H28FN5O2S/c1-5-20(23(32)27-19-11-10-15(2)14-16(19)3)33-24-29-28-21(30(24)4)12-13-26-22(31)17-8-6-7-9-18(17)25/h6-11,14,20H,5,12-13H2,1-4H3,(H,26,31)(H,27,32). The van der Waals surface area contributed by atoms with Gasteiger partial charge in [-0.25, -0.2) is 4.39 Å². The molecule has 0 bridgehead atoms. The molecular formula is C24H28FN5O2S. The Hall–Kier alpha value is -3.20. The van der Waals surface area contributed by atoms with Gasteiger partial charge in [0.25, 0.3) is 5.91 Å². The number of nitrogens with zero attached hydrogens (tertiary/aromatic N) is 3. The number of anilines is 1. The first-order valence-corrected chi connectivity index (χ1v) is 11.6. The van der Waals surface area contributed by atoms with Crippen LogP contribution in [0.2, 0.25) is 0 Å². The predicted molar refractivity (Wildman–Crippen MR) is 128 cm³/mol. The van der Waals surface area contributed by atoms with Gasteiger partial charge in [-0.15, -0.1) is 10.2 Å². The van der Waals surface area contributed by atoms with Crippen molar-refractivity contribution in [3.8, 4) is 0 Å². The van der Waals surface area contributed by atoms with E-state index < -0.39 is 11.7 Å². The third kappa shape index (κ3) is 6.19. The average Bonchev–Trinajstić information content (AvgIpc) is 3.13. The maximum atomic E-state index is 13.7. The molecule has 0 aliphatic heterocycles. The van der Waals surface area contributed by atoms with E-state index in [2.05, 4.69) is 20.8 Å². The lowest BCUT2D eigenvalue weighted by molar-refractivity contribution is -0.115. The van der Waals surface area contributed by atoms with Crippen molar-refractivity contribution < 1.29 is 14.0 Å². The highest BCUT2D eigenvalue weighted by Crippen LogP contribution is 2.26. The Kier molecular flexibility index (Phi) is 8.21. The number of hydrogen-bond donors (Lipinski definition) is 2. The first-order chi connectivity index (χ1) is 15.8. The van der Waals surface area contributed by atoms with Crippen LogP contribution in [0.1, 0.15) is 40.7 Å². The van der Waals surface area contributed by atoms with Crippen molar-refractivity contribution >= 4 is 29.3 Å². The Balaban J connectivity index is 1.58. The summed E-state index contributed by atoms with van der Waals surface area (Å²) < 4.78 is 15.5. The molecule has 0 spiro atoms. The molecule has 3 rings (SSSR count). The quantitative estimate of drug-likeness (QED) is 0.462. The number of nitrogens with one attached hydrogen (secondary N) is 2. The van der Waals surface area contributed by atoms with E-state index in [0.717, 1.165) is 16.8 Å². The molecule has 1 atom stereocenters. The van der Waals surface area contributed by atoms with E-state index in [0.29, 0.717) is 23.8 Å². The molecule has 0 saturated carbocycles. The molecule has 9 heteroatoms. The minimum absolute atomic E-state index is 0.00678. The number of carbonyl (C=O) groups excluding carboxylic acids is 2. The minimum Gasteiger partial charge on any atom is -0.351 e. The van der Waals surface area contributed by atoms with E-state index in [1.807, 2.05) is 50.6 Å². The fourth-order valence-electron chi connectivity index (χ4n) is 3.31. The molecule has 3 aromatic rings. The Morgan fingerprint density at radius 1 is 1.15 bits per heavy atom. The molecule has 0 radical (unpaired) electrons. The number of hydrogen-bond acceptors (Lipinski definition) is 5. The largest absolute Gasteiger partial charge is 0.351 e. The minimum atomic E-state index is -0.558. The Morgan fingerprint density at radius 2 is 1.91 bits per heavy atom. The van der Waals surface area contributed by atoms with Crippen LogP contribution in [0.3, 0.4) is 0 Å². The summed E-state index contributed by atoms with van der Waals surface area (Å²) in [5.41, 5.74) is 2.96. The highest BCUT2D eigenvalue weighted by atomic mass is 32.2. The van der Waals surface area contributed by atoms with Crippen LogP contribution in [0.15, 0.2) is 47.6 Å². The Morgan fingerprint density at radius 3 is 2.61 bits per heavy atom. The fourth-order valence-corrected chi connectivity index (χ4v) is 4.25. The van der Waals surface area contributed by atoms with Gasteiger partial charge in [0.05, 0.1) is 10.8 Å². The van der Waals surface area contributed by atoms with Crippen LogP contribution in [-0.2, 0) is 18.3 Å². The Bertz CT molecular complexity index is 1150. The summed E-state index contributed by atoms with van der Waals surface area (Å²) in [5.74, 6) is -0.455. The zero-order valence-electron chi connectivity index (χ0n) is 19.2. The molecule has 7 nitrogen and oxygen atoms in total. The second-order valence-corrected chi connectivity index (χ2v) is 8.94. The number of halogens is 1. The summed E-state index contributed by atoms with van der Waals surface area (Å²) in [4.78, 5) is 25.0. The number of rotatable bonds is 9. The number of amides is 2. The molecule has 174 valence electrons. The predicted octanol–water partition coefficient (Wildman–Crippen LogP) is 4.05. The van der Waals surface area contributed by atoms with Gasteiger partial charge in [-0.3, -0.25) is 9.59 Å². The van der Waals surface area contributed by atoms with Crippen LogP contribution in [0.25, 0.3) is 0 Å². The van der Waals surface area contributed by atoms with E-state index in [9.17, 15) is 14.0 Å². The topological polar surface area (TPSA) is 88.9 Å². The monoisotopic (exact) mass is 469 g/mol.